The van der Waals surface area contributed by atoms with Gasteiger partial charge in [0.1, 0.15) is 0 Å². The monoisotopic (exact) mass is 173 g/mol. The number of nitrogens with zero attached hydrogens (tertiary/aromatic N) is 1. The molecule has 2 fully saturated rings. The summed E-state index contributed by atoms with van der Waals surface area (Å²) in [4.78, 5) is 5.25. The van der Waals surface area contributed by atoms with E-state index in [9.17, 15) is 5.11 Å². The fourth-order valence-corrected chi connectivity index (χ4v) is 1.67. The number of aliphatic hydroxyl groups excluding tert-OH is 1. The molecule has 2 aliphatic heterocycles. The number of hydroxylamine groups is 2. The minimum Gasteiger partial charge on any atom is -0.389 e. The first-order valence-electron chi connectivity index (χ1n) is 4.48. The Bertz CT molecular complexity index is 147. The van der Waals surface area contributed by atoms with E-state index in [1.54, 1.807) is 0 Å². The molecular weight excluding hydrogens is 158 g/mol. The number of rotatable bonds is 2. The lowest BCUT2D eigenvalue weighted by Crippen LogP contribution is -2.27. The fraction of sp³-hybridized carbons (Fsp3) is 1.00. The maximum Gasteiger partial charge on any atom is 0.0958 e. The molecule has 0 radical (unpaired) electrons. The highest BCUT2D eigenvalue weighted by Gasteiger charge is 2.25. The van der Waals surface area contributed by atoms with Crippen molar-refractivity contribution in [3.8, 4) is 0 Å². The molecule has 0 aromatic carbocycles. The van der Waals surface area contributed by atoms with Gasteiger partial charge in [-0.15, -0.1) is 0 Å². The van der Waals surface area contributed by atoms with Gasteiger partial charge in [0, 0.05) is 13.2 Å². The molecule has 0 aromatic rings. The first kappa shape index (κ1) is 8.44. The Morgan fingerprint density at radius 1 is 1.42 bits per heavy atom. The molecule has 0 amide bonds. The highest BCUT2D eigenvalue weighted by molar-refractivity contribution is 4.70. The third-order valence-electron chi connectivity index (χ3n) is 2.35. The predicted octanol–water partition coefficient (Wildman–Crippen LogP) is -0.369. The summed E-state index contributed by atoms with van der Waals surface area (Å²) in [6.45, 7) is 3.72. The summed E-state index contributed by atoms with van der Waals surface area (Å²) in [5.41, 5.74) is 0. The van der Waals surface area contributed by atoms with Crippen LogP contribution in [0.25, 0.3) is 0 Å². The quantitative estimate of drug-likeness (QED) is 0.618. The van der Waals surface area contributed by atoms with Crippen LogP contribution >= 0.6 is 0 Å². The van der Waals surface area contributed by atoms with Crippen LogP contribution in [-0.2, 0) is 9.57 Å². The molecule has 2 heterocycles. The van der Waals surface area contributed by atoms with E-state index in [0.29, 0.717) is 19.1 Å². The smallest absolute Gasteiger partial charge is 0.0958 e. The second kappa shape index (κ2) is 3.70. The molecule has 1 N–H and O–H groups in total. The third-order valence-corrected chi connectivity index (χ3v) is 2.35. The summed E-state index contributed by atoms with van der Waals surface area (Å²) < 4.78 is 5.25. The summed E-state index contributed by atoms with van der Waals surface area (Å²) in [5, 5.41) is 11.0. The van der Waals surface area contributed by atoms with Crippen molar-refractivity contribution in [1.29, 1.82) is 0 Å². The number of hydrogen-bond donors (Lipinski definition) is 1. The van der Waals surface area contributed by atoms with E-state index in [1.165, 1.54) is 0 Å². The molecule has 4 heteroatoms. The highest BCUT2D eigenvalue weighted by atomic mass is 16.7. The zero-order valence-electron chi connectivity index (χ0n) is 7.11. The van der Waals surface area contributed by atoms with Crippen molar-refractivity contribution < 1.29 is 14.7 Å². The van der Waals surface area contributed by atoms with Crippen molar-refractivity contribution in [3.63, 3.8) is 0 Å². The minimum atomic E-state index is -0.299. The van der Waals surface area contributed by atoms with Gasteiger partial charge in [0.25, 0.3) is 0 Å². The first-order chi connectivity index (χ1) is 5.84. The van der Waals surface area contributed by atoms with Gasteiger partial charge in [-0.2, -0.15) is 5.06 Å². The molecule has 2 saturated heterocycles. The molecule has 0 spiro atoms. The van der Waals surface area contributed by atoms with Crippen LogP contribution in [0, 0.1) is 5.92 Å². The average Bonchev–Trinajstić information content (AvgIpc) is 2.63. The van der Waals surface area contributed by atoms with Crippen molar-refractivity contribution in [2.24, 2.45) is 5.92 Å². The van der Waals surface area contributed by atoms with E-state index >= 15 is 0 Å². The topological polar surface area (TPSA) is 41.9 Å². The Labute approximate surface area is 72.0 Å². The van der Waals surface area contributed by atoms with Gasteiger partial charge in [-0.05, 0) is 12.3 Å². The predicted molar refractivity (Wildman–Crippen MR) is 42.5 cm³/mol. The lowest BCUT2D eigenvalue weighted by molar-refractivity contribution is -0.119. The Morgan fingerprint density at radius 3 is 2.92 bits per heavy atom. The Morgan fingerprint density at radius 2 is 2.33 bits per heavy atom. The second-order valence-electron chi connectivity index (χ2n) is 3.53. The average molecular weight is 173 g/mol. The lowest BCUT2D eigenvalue weighted by atomic mass is 10.1. The zero-order chi connectivity index (χ0) is 8.39. The van der Waals surface area contributed by atoms with E-state index < -0.39 is 0 Å². The maximum atomic E-state index is 9.18. The second-order valence-corrected chi connectivity index (χ2v) is 3.53. The lowest BCUT2D eigenvalue weighted by Gasteiger charge is -2.16. The van der Waals surface area contributed by atoms with Gasteiger partial charge in [0.05, 0.1) is 25.9 Å². The third kappa shape index (κ3) is 1.95. The molecule has 2 aliphatic rings. The van der Waals surface area contributed by atoms with Gasteiger partial charge in [0.2, 0.25) is 0 Å². The van der Waals surface area contributed by atoms with E-state index in [4.69, 9.17) is 9.57 Å². The number of hydrogen-bond acceptors (Lipinski definition) is 4. The molecule has 12 heavy (non-hydrogen) atoms. The summed E-state index contributed by atoms with van der Waals surface area (Å²) in [7, 11) is 0. The van der Waals surface area contributed by atoms with Crippen LogP contribution in [0.3, 0.4) is 0 Å². The van der Waals surface area contributed by atoms with Gasteiger partial charge in [-0.3, -0.25) is 4.84 Å². The number of aliphatic hydroxyl groups is 1. The van der Waals surface area contributed by atoms with Crippen LogP contribution in [0.1, 0.15) is 6.42 Å². The van der Waals surface area contributed by atoms with Gasteiger partial charge in [-0.1, -0.05) is 0 Å². The standard InChI is InChI=1S/C8H15NO3/c10-8-4-9(12-6-8)3-7-1-2-11-5-7/h7-8,10H,1-6H2/t7?,8-/m1/s1. The Hall–Kier alpha value is -0.160. The van der Waals surface area contributed by atoms with E-state index in [1.807, 2.05) is 5.06 Å². The van der Waals surface area contributed by atoms with Crippen LogP contribution in [0.2, 0.25) is 0 Å². The molecule has 0 saturated carbocycles. The molecule has 4 nitrogen and oxygen atoms in total. The van der Waals surface area contributed by atoms with Gasteiger partial charge >= 0.3 is 0 Å². The van der Waals surface area contributed by atoms with E-state index in [2.05, 4.69) is 0 Å². The van der Waals surface area contributed by atoms with Crippen LogP contribution in [0.5, 0.6) is 0 Å². The van der Waals surface area contributed by atoms with Crippen LogP contribution < -0.4 is 0 Å². The summed E-state index contributed by atoms with van der Waals surface area (Å²) in [6.07, 6.45) is 0.822. The van der Waals surface area contributed by atoms with E-state index in [0.717, 1.165) is 26.2 Å². The van der Waals surface area contributed by atoms with Crippen LogP contribution in [0.15, 0.2) is 0 Å². The largest absolute Gasteiger partial charge is 0.389 e. The molecule has 0 aromatic heterocycles. The maximum absolute atomic E-state index is 9.18. The minimum absolute atomic E-state index is 0.299. The molecule has 0 bridgehead atoms. The normalized spacial score (nSPS) is 37.8. The van der Waals surface area contributed by atoms with Crippen molar-refractivity contribution >= 4 is 0 Å². The Balaban J connectivity index is 1.72. The van der Waals surface area contributed by atoms with Crippen molar-refractivity contribution in [3.05, 3.63) is 0 Å². The first-order valence-corrected chi connectivity index (χ1v) is 4.48. The number of ether oxygens (including phenoxy) is 1. The fourth-order valence-electron chi connectivity index (χ4n) is 1.67. The molecule has 0 aliphatic carbocycles. The summed E-state index contributed by atoms with van der Waals surface area (Å²) in [6, 6.07) is 0. The molecule has 2 rings (SSSR count). The van der Waals surface area contributed by atoms with E-state index in [-0.39, 0.29) is 6.10 Å². The van der Waals surface area contributed by atoms with Crippen LogP contribution in [0.4, 0.5) is 0 Å². The molecule has 2 atom stereocenters. The van der Waals surface area contributed by atoms with Crippen molar-refractivity contribution in [2.45, 2.75) is 12.5 Å². The summed E-state index contributed by atoms with van der Waals surface area (Å²) in [5.74, 6) is 0.593. The van der Waals surface area contributed by atoms with Crippen LogP contribution in [-0.4, -0.2) is 49.2 Å². The zero-order valence-corrected chi connectivity index (χ0v) is 7.11. The van der Waals surface area contributed by atoms with Gasteiger partial charge < -0.3 is 9.84 Å². The Kier molecular flexibility index (Phi) is 2.60. The molecule has 70 valence electrons. The van der Waals surface area contributed by atoms with Gasteiger partial charge in [0.15, 0.2) is 0 Å². The molecule has 1 unspecified atom stereocenters. The number of β-amino-alcohol motifs (C(OH)–C–C–N with tert-alkyl or cyclic N) is 1. The molecular formula is C8H15NO3. The summed E-state index contributed by atoms with van der Waals surface area (Å²) >= 11 is 0. The van der Waals surface area contributed by atoms with Crippen molar-refractivity contribution in [1.82, 2.24) is 5.06 Å². The highest BCUT2D eigenvalue weighted by Crippen LogP contribution is 2.16. The van der Waals surface area contributed by atoms with Crippen molar-refractivity contribution in [2.75, 3.05) is 32.9 Å². The SMILES string of the molecule is O[C@H]1CON(CC2CCOC2)C1. The van der Waals surface area contributed by atoms with Gasteiger partial charge in [-0.25, -0.2) is 0 Å².